The van der Waals surface area contributed by atoms with E-state index in [1.165, 1.54) is 6.07 Å². The minimum atomic E-state index is -4.38. The van der Waals surface area contributed by atoms with Crippen molar-refractivity contribution in [1.29, 1.82) is 0 Å². The van der Waals surface area contributed by atoms with Gasteiger partial charge in [-0.1, -0.05) is 0 Å². The lowest BCUT2D eigenvalue weighted by atomic mass is 10.1. The number of nitrogen functional groups attached to an aromatic ring is 1. The van der Waals surface area contributed by atoms with E-state index >= 15 is 0 Å². The van der Waals surface area contributed by atoms with Gasteiger partial charge in [0.2, 0.25) is 0 Å². The lowest BCUT2D eigenvalue weighted by molar-refractivity contribution is -0.136. The molecule has 0 bridgehead atoms. The van der Waals surface area contributed by atoms with Gasteiger partial charge < -0.3 is 10.6 Å². The summed E-state index contributed by atoms with van der Waals surface area (Å²) in [7, 11) is 0. The molecule has 0 unspecified atom stereocenters. The van der Waals surface area contributed by atoms with Crippen molar-refractivity contribution in [2.45, 2.75) is 25.4 Å². The van der Waals surface area contributed by atoms with Gasteiger partial charge in [0.25, 0.3) is 0 Å². The number of hydrogen-bond donors (Lipinski definition) is 1. The van der Waals surface area contributed by atoms with E-state index < -0.39 is 11.7 Å². The van der Waals surface area contributed by atoms with Crippen LogP contribution >= 0.6 is 0 Å². The fourth-order valence-electron chi connectivity index (χ4n) is 2.14. The third kappa shape index (κ3) is 2.65. The van der Waals surface area contributed by atoms with Crippen LogP contribution in [0.1, 0.15) is 24.8 Å². The van der Waals surface area contributed by atoms with Crippen molar-refractivity contribution in [1.82, 2.24) is 0 Å². The van der Waals surface area contributed by atoms with E-state index in [0.717, 1.165) is 38.4 Å². The molecule has 0 saturated carbocycles. The average molecular weight is 244 g/mol. The Morgan fingerprint density at radius 1 is 1.06 bits per heavy atom. The second-order valence-electron chi connectivity index (χ2n) is 4.32. The molecule has 2 rings (SSSR count). The zero-order chi connectivity index (χ0) is 12.5. The molecule has 0 aromatic heterocycles. The Bertz CT molecular complexity index is 395. The van der Waals surface area contributed by atoms with Gasteiger partial charge in [0.1, 0.15) is 0 Å². The largest absolute Gasteiger partial charge is 0.418 e. The van der Waals surface area contributed by atoms with Gasteiger partial charge in [-0.2, -0.15) is 13.2 Å². The molecule has 94 valence electrons. The summed E-state index contributed by atoms with van der Waals surface area (Å²) in [6.45, 7) is 1.64. The van der Waals surface area contributed by atoms with E-state index in [0.29, 0.717) is 5.69 Å². The first-order chi connectivity index (χ1) is 7.98. The van der Waals surface area contributed by atoms with E-state index in [1.54, 1.807) is 6.07 Å². The monoisotopic (exact) mass is 244 g/mol. The molecule has 1 aromatic carbocycles. The lowest BCUT2D eigenvalue weighted by Gasteiger charge is -2.29. The number of halogens is 3. The Hall–Kier alpha value is -1.39. The third-order valence-electron chi connectivity index (χ3n) is 3.06. The number of nitrogens with zero attached hydrogens (tertiary/aromatic N) is 1. The highest BCUT2D eigenvalue weighted by Crippen LogP contribution is 2.36. The molecule has 0 amide bonds. The van der Waals surface area contributed by atoms with Crippen LogP contribution in [0.5, 0.6) is 0 Å². The second kappa shape index (κ2) is 4.47. The van der Waals surface area contributed by atoms with E-state index in [4.69, 9.17) is 5.73 Å². The Morgan fingerprint density at radius 3 is 2.29 bits per heavy atom. The van der Waals surface area contributed by atoms with E-state index in [-0.39, 0.29) is 5.69 Å². The maximum absolute atomic E-state index is 12.7. The van der Waals surface area contributed by atoms with Gasteiger partial charge in [-0.15, -0.1) is 0 Å². The smallest absolute Gasteiger partial charge is 0.398 e. The SMILES string of the molecule is Nc1ccc(N2CCCCC2)cc1C(F)(F)F. The van der Waals surface area contributed by atoms with Crippen LogP contribution in [0, 0.1) is 0 Å². The highest BCUT2D eigenvalue weighted by molar-refractivity contribution is 5.59. The summed E-state index contributed by atoms with van der Waals surface area (Å²) in [5, 5.41) is 0. The van der Waals surface area contributed by atoms with E-state index in [9.17, 15) is 13.2 Å². The van der Waals surface area contributed by atoms with Gasteiger partial charge in [-0.05, 0) is 37.5 Å². The fraction of sp³-hybridized carbons (Fsp3) is 0.500. The van der Waals surface area contributed by atoms with Crippen LogP contribution < -0.4 is 10.6 Å². The molecule has 5 heteroatoms. The van der Waals surface area contributed by atoms with Crippen molar-refractivity contribution in [2.24, 2.45) is 0 Å². The van der Waals surface area contributed by atoms with Crippen LogP contribution in [0.25, 0.3) is 0 Å². The summed E-state index contributed by atoms with van der Waals surface area (Å²) in [5.74, 6) is 0. The second-order valence-corrected chi connectivity index (χ2v) is 4.32. The number of anilines is 2. The van der Waals surface area contributed by atoms with Crippen molar-refractivity contribution in [2.75, 3.05) is 23.7 Å². The number of benzene rings is 1. The van der Waals surface area contributed by atoms with Crippen molar-refractivity contribution in [3.63, 3.8) is 0 Å². The molecular weight excluding hydrogens is 229 g/mol. The number of rotatable bonds is 1. The molecule has 1 fully saturated rings. The quantitative estimate of drug-likeness (QED) is 0.768. The molecule has 0 atom stereocenters. The van der Waals surface area contributed by atoms with E-state index in [1.807, 2.05) is 4.90 Å². The molecular formula is C12H15F3N2. The normalized spacial score (nSPS) is 17.2. The third-order valence-corrected chi connectivity index (χ3v) is 3.06. The van der Waals surface area contributed by atoms with Crippen molar-refractivity contribution in [3.8, 4) is 0 Å². The Morgan fingerprint density at radius 2 is 1.71 bits per heavy atom. The zero-order valence-electron chi connectivity index (χ0n) is 9.43. The number of piperidine rings is 1. The fourth-order valence-corrected chi connectivity index (χ4v) is 2.14. The minimum absolute atomic E-state index is 0.210. The molecule has 0 spiro atoms. The maximum Gasteiger partial charge on any atom is 0.418 e. The highest BCUT2D eigenvalue weighted by Gasteiger charge is 2.33. The highest BCUT2D eigenvalue weighted by atomic mass is 19.4. The van der Waals surface area contributed by atoms with Crippen LogP contribution in [0.4, 0.5) is 24.5 Å². The van der Waals surface area contributed by atoms with E-state index in [2.05, 4.69) is 0 Å². The van der Waals surface area contributed by atoms with Gasteiger partial charge in [-0.25, -0.2) is 0 Å². The van der Waals surface area contributed by atoms with Crippen LogP contribution in [0.2, 0.25) is 0 Å². The van der Waals surface area contributed by atoms with Crippen LogP contribution in [0.15, 0.2) is 18.2 Å². The Balaban J connectivity index is 2.30. The Kier molecular flexibility index (Phi) is 3.17. The molecule has 0 radical (unpaired) electrons. The Labute approximate surface area is 98.2 Å². The van der Waals surface area contributed by atoms with Crippen molar-refractivity contribution in [3.05, 3.63) is 23.8 Å². The summed E-state index contributed by atoms with van der Waals surface area (Å²) in [6.07, 6.45) is -1.16. The molecule has 1 aromatic rings. The number of nitrogens with two attached hydrogens (primary N) is 1. The molecule has 1 heterocycles. The molecule has 1 aliphatic heterocycles. The predicted octanol–water partition coefficient (Wildman–Crippen LogP) is 3.28. The van der Waals surface area contributed by atoms with Crippen molar-refractivity contribution >= 4 is 11.4 Å². The predicted molar refractivity (Wildman–Crippen MR) is 61.9 cm³/mol. The number of alkyl halides is 3. The first-order valence-electron chi connectivity index (χ1n) is 5.70. The molecule has 2 nitrogen and oxygen atoms in total. The molecule has 17 heavy (non-hydrogen) atoms. The topological polar surface area (TPSA) is 29.3 Å². The molecule has 2 N–H and O–H groups in total. The average Bonchev–Trinajstić information content (AvgIpc) is 2.29. The maximum atomic E-state index is 12.7. The van der Waals surface area contributed by atoms with Crippen LogP contribution in [-0.2, 0) is 6.18 Å². The van der Waals surface area contributed by atoms with Crippen molar-refractivity contribution < 1.29 is 13.2 Å². The first-order valence-corrected chi connectivity index (χ1v) is 5.70. The first kappa shape index (κ1) is 12.1. The molecule has 1 aliphatic rings. The van der Waals surface area contributed by atoms with Gasteiger partial charge in [0.15, 0.2) is 0 Å². The standard InChI is InChI=1S/C12H15F3N2/c13-12(14,15)10-8-9(4-5-11(10)16)17-6-2-1-3-7-17/h4-5,8H,1-3,6-7,16H2. The minimum Gasteiger partial charge on any atom is -0.398 e. The number of hydrogen-bond acceptors (Lipinski definition) is 2. The van der Waals surface area contributed by atoms with Gasteiger partial charge in [0, 0.05) is 24.5 Å². The summed E-state index contributed by atoms with van der Waals surface area (Å²) in [5.41, 5.74) is 5.04. The van der Waals surface area contributed by atoms with Gasteiger partial charge in [-0.3, -0.25) is 0 Å². The molecule has 0 aliphatic carbocycles. The lowest BCUT2D eigenvalue weighted by Crippen LogP contribution is -2.29. The van der Waals surface area contributed by atoms with Gasteiger partial charge in [0.05, 0.1) is 5.56 Å². The zero-order valence-corrected chi connectivity index (χ0v) is 9.43. The van der Waals surface area contributed by atoms with Gasteiger partial charge >= 0.3 is 6.18 Å². The van der Waals surface area contributed by atoms with Crippen LogP contribution in [0.3, 0.4) is 0 Å². The molecule has 1 saturated heterocycles. The summed E-state index contributed by atoms with van der Waals surface area (Å²) < 4.78 is 38.1. The summed E-state index contributed by atoms with van der Waals surface area (Å²) >= 11 is 0. The summed E-state index contributed by atoms with van der Waals surface area (Å²) in [4.78, 5) is 1.98. The summed E-state index contributed by atoms with van der Waals surface area (Å²) in [6, 6.07) is 4.16. The van der Waals surface area contributed by atoms with Crippen LogP contribution in [-0.4, -0.2) is 13.1 Å².